The predicted octanol–water partition coefficient (Wildman–Crippen LogP) is 5.20. The number of aromatic nitrogens is 5. The van der Waals surface area contributed by atoms with Crippen LogP contribution in [0.4, 0.5) is 30.7 Å². The number of halogens is 8. The Bertz CT molecular complexity index is 1320. The molecule has 1 saturated carbocycles. The third-order valence-corrected chi connectivity index (χ3v) is 5.93. The topological polar surface area (TPSA) is 78.1 Å². The minimum Gasteiger partial charge on any atom is -0.428 e. The number of pyridine rings is 1. The third-order valence-electron chi connectivity index (χ3n) is 5.63. The van der Waals surface area contributed by atoms with E-state index >= 15 is 0 Å². The smallest absolute Gasteiger partial charge is 0.428 e. The third kappa shape index (κ3) is 4.95. The molecule has 0 aromatic carbocycles. The quantitative estimate of drug-likeness (QED) is 0.282. The molecule has 0 radical (unpaired) electrons. The molecule has 1 amide bonds. The first-order valence-corrected chi connectivity index (χ1v) is 11.1. The van der Waals surface area contributed by atoms with Crippen molar-refractivity contribution < 1.29 is 40.3 Å². The molecule has 8 nitrogen and oxygen atoms in total. The van der Waals surface area contributed by atoms with Crippen LogP contribution in [0.3, 0.4) is 0 Å². The van der Waals surface area contributed by atoms with Crippen LogP contribution in [0.25, 0.3) is 16.9 Å². The van der Waals surface area contributed by atoms with Crippen molar-refractivity contribution in [3.63, 3.8) is 0 Å². The van der Waals surface area contributed by atoms with Gasteiger partial charge in [-0.2, -0.15) is 40.9 Å². The Hall–Kier alpha value is -3.36. The van der Waals surface area contributed by atoms with Crippen LogP contribution in [0, 0.1) is 0 Å². The van der Waals surface area contributed by atoms with Crippen LogP contribution >= 0.6 is 11.6 Å². The molecule has 0 unspecified atom stereocenters. The number of carbonyl (C=O) groups excluding carboxylic acids is 1. The highest BCUT2D eigenvalue weighted by Crippen LogP contribution is 2.48. The molecule has 200 valence electrons. The second-order valence-electron chi connectivity index (χ2n) is 8.13. The van der Waals surface area contributed by atoms with Gasteiger partial charge in [-0.05, 0) is 25.8 Å². The normalized spacial score (nSPS) is 14.4. The van der Waals surface area contributed by atoms with Gasteiger partial charge < -0.3 is 9.64 Å². The maximum atomic E-state index is 14.1. The highest BCUT2D eigenvalue weighted by molar-refractivity contribution is 6.32. The molecule has 0 N–H and O–H groups in total. The lowest BCUT2D eigenvalue weighted by Crippen LogP contribution is -2.34. The molecular formula is C21H18ClF7N6O2. The van der Waals surface area contributed by atoms with Gasteiger partial charge in [0, 0.05) is 43.2 Å². The van der Waals surface area contributed by atoms with Gasteiger partial charge in [0.05, 0.1) is 11.8 Å². The fourth-order valence-electron chi connectivity index (χ4n) is 3.74. The number of amides is 1. The molecule has 0 saturated heterocycles. The van der Waals surface area contributed by atoms with E-state index in [1.807, 2.05) is 6.92 Å². The summed E-state index contributed by atoms with van der Waals surface area (Å²) in [5.41, 5.74) is -1.43. The Kier molecular flexibility index (Phi) is 6.86. The summed E-state index contributed by atoms with van der Waals surface area (Å²) in [6, 6.07) is 1.52. The first kappa shape index (κ1) is 26.7. The summed E-state index contributed by atoms with van der Waals surface area (Å²) in [5.74, 6) is -8.15. The van der Waals surface area contributed by atoms with Crippen molar-refractivity contribution in [1.82, 2.24) is 29.4 Å². The molecule has 37 heavy (non-hydrogen) atoms. The van der Waals surface area contributed by atoms with E-state index in [1.165, 1.54) is 18.5 Å². The number of carbonyl (C=O) groups is 1. The van der Waals surface area contributed by atoms with Gasteiger partial charge in [-0.1, -0.05) is 11.6 Å². The molecule has 0 atom stereocenters. The van der Waals surface area contributed by atoms with Crippen molar-refractivity contribution in [1.29, 1.82) is 0 Å². The van der Waals surface area contributed by atoms with E-state index in [0.717, 1.165) is 30.8 Å². The zero-order valence-electron chi connectivity index (χ0n) is 19.1. The summed E-state index contributed by atoms with van der Waals surface area (Å²) in [6.07, 6.45) is -0.808. The maximum absolute atomic E-state index is 14.1. The van der Waals surface area contributed by atoms with Crippen LogP contribution in [-0.2, 0) is 13.0 Å². The number of hydrogen-bond donors (Lipinski definition) is 0. The number of hydrogen-bond acceptors (Lipinski definition) is 5. The molecular weight excluding hydrogens is 537 g/mol. The van der Waals surface area contributed by atoms with Gasteiger partial charge in [-0.25, -0.2) is 14.3 Å². The zero-order chi connectivity index (χ0) is 27.3. The Labute approximate surface area is 209 Å². The van der Waals surface area contributed by atoms with Crippen molar-refractivity contribution in [2.24, 2.45) is 7.05 Å². The second-order valence-corrected chi connectivity index (χ2v) is 8.49. The molecule has 3 heterocycles. The lowest BCUT2D eigenvalue weighted by Gasteiger charge is -2.21. The number of nitrogens with zero attached hydrogens (tertiary/aromatic N) is 6. The van der Waals surface area contributed by atoms with Crippen molar-refractivity contribution >= 4 is 17.5 Å². The highest BCUT2D eigenvalue weighted by Gasteiger charge is 2.62. The van der Waals surface area contributed by atoms with Gasteiger partial charge in [0.1, 0.15) is 5.15 Å². The van der Waals surface area contributed by atoms with Crippen molar-refractivity contribution in [2.45, 2.75) is 44.5 Å². The monoisotopic (exact) mass is 554 g/mol. The van der Waals surface area contributed by atoms with E-state index < -0.39 is 36.0 Å². The average Bonchev–Trinajstić information content (AvgIpc) is 3.42. The fraction of sp³-hybridized carbons (Fsp3) is 0.429. The van der Waals surface area contributed by atoms with Gasteiger partial charge in [-0.3, -0.25) is 4.79 Å². The van der Waals surface area contributed by atoms with E-state index in [2.05, 4.69) is 19.9 Å². The summed E-state index contributed by atoms with van der Waals surface area (Å²) in [4.78, 5) is 18.6. The van der Waals surface area contributed by atoms with Crippen molar-refractivity contribution in [3.05, 3.63) is 41.1 Å². The van der Waals surface area contributed by atoms with Gasteiger partial charge in [0.15, 0.2) is 17.3 Å². The first-order valence-electron chi connectivity index (χ1n) is 10.7. The lowest BCUT2D eigenvalue weighted by molar-refractivity contribution is -0.291. The summed E-state index contributed by atoms with van der Waals surface area (Å²) >= 11 is 6.14. The SMILES string of the molecule is CCN(C(=O)c1cc(-c2cnn(-c3c(OC(F)F)c(C(F)(F)C(F)(F)F)nn3C)c2)cnc1Cl)C1CC1. The van der Waals surface area contributed by atoms with E-state index in [0.29, 0.717) is 16.8 Å². The number of aryl methyl sites for hydroxylation is 1. The fourth-order valence-corrected chi connectivity index (χ4v) is 3.92. The molecule has 3 aromatic heterocycles. The Morgan fingerprint density at radius 1 is 1.22 bits per heavy atom. The molecule has 4 rings (SSSR count). The van der Waals surface area contributed by atoms with Crippen molar-refractivity contribution in [3.8, 4) is 22.7 Å². The van der Waals surface area contributed by atoms with E-state index in [-0.39, 0.29) is 28.2 Å². The predicted molar refractivity (Wildman–Crippen MR) is 115 cm³/mol. The molecule has 1 aliphatic rings. The molecule has 3 aromatic rings. The number of alkyl halides is 7. The van der Waals surface area contributed by atoms with Crippen LogP contribution in [-0.4, -0.2) is 60.7 Å². The van der Waals surface area contributed by atoms with Crippen LogP contribution in [0.2, 0.25) is 5.15 Å². The average molecular weight is 555 g/mol. The molecule has 0 aliphatic heterocycles. The summed E-state index contributed by atoms with van der Waals surface area (Å²) in [7, 11) is 0.961. The van der Waals surface area contributed by atoms with Crippen LogP contribution < -0.4 is 4.74 Å². The first-order chi connectivity index (χ1) is 17.3. The Balaban J connectivity index is 1.76. The second kappa shape index (κ2) is 9.50. The standard InChI is InChI=1S/C21H18ClF7N6O2/c1-3-34(12-4-5-12)18(36)13-6-10(7-30-16(13)22)11-8-31-35(9-11)17-14(37-19(23)24)15(32-33(17)2)20(25,26)21(27,28)29/h6-9,12,19H,3-5H2,1-2H3. The van der Waals surface area contributed by atoms with Crippen LogP contribution in [0.15, 0.2) is 24.7 Å². The maximum Gasteiger partial charge on any atom is 0.459 e. The Morgan fingerprint density at radius 3 is 2.46 bits per heavy atom. The highest BCUT2D eigenvalue weighted by atomic mass is 35.5. The van der Waals surface area contributed by atoms with E-state index in [4.69, 9.17) is 11.6 Å². The molecule has 1 fully saturated rings. The van der Waals surface area contributed by atoms with Gasteiger partial charge in [0.25, 0.3) is 5.91 Å². The molecule has 16 heteroatoms. The number of ether oxygens (including phenoxy) is 1. The summed E-state index contributed by atoms with van der Waals surface area (Å²) in [5, 5.41) is 6.94. The molecule has 0 spiro atoms. The van der Waals surface area contributed by atoms with Gasteiger partial charge in [0.2, 0.25) is 0 Å². The van der Waals surface area contributed by atoms with E-state index in [1.54, 1.807) is 4.90 Å². The van der Waals surface area contributed by atoms with Crippen LogP contribution in [0.1, 0.15) is 35.8 Å². The molecule has 1 aliphatic carbocycles. The van der Waals surface area contributed by atoms with E-state index in [9.17, 15) is 35.5 Å². The Morgan fingerprint density at radius 2 is 1.89 bits per heavy atom. The summed E-state index contributed by atoms with van der Waals surface area (Å²) < 4.78 is 98.3. The summed E-state index contributed by atoms with van der Waals surface area (Å²) in [6.45, 7) is -1.47. The lowest BCUT2D eigenvalue weighted by atomic mass is 10.1. The van der Waals surface area contributed by atoms with Crippen LogP contribution in [0.5, 0.6) is 5.75 Å². The van der Waals surface area contributed by atoms with Gasteiger partial charge in [-0.15, -0.1) is 0 Å². The molecule has 0 bridgehead atoms. The largest absolute Gasteiger partial charge is 0.459 e. The minimum absolute atomic E-state index is 0.0569. The number of rotatable bonds is 8. The van der Waals surface area contributed by atoms with Gasteiger partial charge >= 0.3 is 18.7 Å². The minimum atomic E-state index is -6.13. The zero-order valence-corrected chi connectivity index (χ0v) is 19.9. The van der Waals surface area contributed by atoms with Crippen molar-refractivity contribution in [2.75, 3.05) is 6.54 Å².